The summed E-state index contributed by atoms with van der Waals surface area (Å²) in [4.78, 5) is 23.6. The Bertz CT molecular complexity index is 560. The van der Waals surface area contributed by atoms with Gasteiger partial charge in [-0.2, -0.15) is 0 Å². The van der Waals surface area contributed by atoms with Crippen molar-refractivity contribution in [1.29, 1.82) is 0 Å². The second-order valence-electron chi connectivity index (χ2n) is 4.48. The molecule has 3 nitrogen and oxygen atoms in total. The number of halogens is 1. The van der Waals surface area contributed by atoms with Crippen molar-refractivity contribution in [2.24, 2.45) is 0 Å². The summed E-state index contributed by atoms with van der Waals surface area (Å²) >= 11 is 0. The van der Waals surface area contributed by atoms with Gasteiger partial charge in [0.05, 0.1) is 6.54 Å². The first kappa shape index (κ1) is 13.9. The number of carbonyl (C=O) groups excluding carboxylic acids is 2. The van der Waals surface area contributed by atoms with Gasteiger partial charge < -0.3 is 5.32 Å². The molecule has 2 aromatic rings. The van der Waals surface area contributed by atoms with Crippen LogP contribution in [0.4, 0.5) is 4.39 Å². The summed E-state index contributed by atoms with van der Waals surface area (Å²) in [6.07, 6.45) is 0. The summed E-state index contributed by atoms with van der Waals surface area (Å²) in [5.74, 6) is -0.969. The average Bonchev–Trinajstić information content (AvgIpc) is 2.46. The largest absolute Gasteiger partial charge is 0.345 e. The molecule has 0 unspecified atom stereocenters. The van der Waals surface area contributed by atoms with Crippen LogP contribution in [0.5, 0.6) is 0 Å². The van der Waals surface area contributed by atoms with E-state index in [0.717, 1.165) is 5.56 Å². The topological polar surface area (TPSA) is 46.2 Å². The van der Waals surface area contributed by atoms with Gasteiger partial charge in [-0.15, -0.1) is 0 Å². The lowest BCUT2D eigenvalue weighted by Crippen LogP contribution is -2.29. The van der Waals surface area contributed by atoms with Crippen molar-refractivity contribution in [1.82, 2.24) is 5.32 Å². The molecule has 0 saturated carbocycles. The third-order valence-corrected chi connectivity index (χ3v) is 2.89. The maximum Gasteiger partial charge on any atom is 0.251 e. The van der Waals surface area contributed by atoms with Crippen LogP contribution in [-0.2, 0) is 0 Å². The number of hydrogen-bond acceptors (Lipinski definition) is 2. The number of Topliss-reactive ketones (excluding diaryl/α,β-unsaturated/α-hetero) is 1. The summed E-state index contributed by atoms with van der Waals surface area (Å²) in [5.41, 5.74) is 1.94. The predicted molar refractivity (Wildman–Crippen MR) is 74.2 cm³/mol. The molecule has 0 aliphatic heterocycles. The van der Waals surface area contributed by atoms with Crippen molar-refractivity contribution in [2.75, 3.05) is 6.54 Å². The highest BCUT2D eigenvalue weighted by atomic mass is 19.1. The molecule has 2 aromatic carbocycles. The summed E-state index contributed by atoms with van der Waals surface area (Å²) in [6.45, 7) is 1.85. The van der Waals surface area contributed by atoms with E-state index in [2.05, 4.69) is 5.32 Å². The molecule has 102 valence electrons. The summed E-state index contributed by atoms with van der Waals surface area (Å²) in [7, 11) is 0. The molecule has 0 fully saturated rings. The fourth-order valence-corrected chi connectivity index (χ4v) is 1.71. The molecular formula is C16H14FNO2. The van der Waals surface area contributed by atoms with Crippen LogP contribution in [0.15, 0.2) is 48.5 Å². The average molecular weight is 271 g/mol. The van der Waals surface area contributed by atoms with Crippen molar-refractivity contribution in [3.8, 4) is 0 Å². The molecular weight excluding hydrogens is 257 g/mol. The smallest absolute Gasteiger partial charge is 0.251 e. The minimum atomic E-state index is -0.405. The van der Waals surface area contributed by atoms with Crippen LogP contribution in [0.2, 0.25) is 0 Å². The molecule has 0 atom stereocenters. The van der Waals surface area contributed by atoms with Crippen LogP contribution in [-0.4, -0.2) is 18.2 Å². The van der Waals surface area contributed by atoms with Crippen molar-refractivity contribution >= 4 is 11.7 Å². The molecule has 0 bridgehead atoms. The molecule has 0 aliphatic rings. The summed E-state index contributed by atoms with van der Waals surface area (Å²) in [6, 6.07) is 12.3. The second kappa shape index (κ2) is 6.10. The van der Waals surface area contributed by atoms with Gasteiger partial charge in [-0.3, -0.25) is 9.59 Å². The maximum atomic E-state index is 12.7. The number of carbonyl (C=O) groups is 2. The quantitative estimate of drug-likeness (QED) is 0.869. The van der Waals surface area contributed by atoms with Crippen LogP contribution in [0.25, 0.3) is 0 Å². The molecule has 0 saturated heterocycles. The molecule has 0 spiro atoms. The fourth-order valence-electron chi connectivity index (χ4n) is 1.71. The number of aryl methyl sites for hydroxylation is 1. The van der Waals surface area contributed by atoms with Crippen molar-refractivity contribution in [3.63, 3.8) is 0 Å². The first-order valence-electron chi connectivity index (χ1n) is 6.20. The molecule has 0 radical (unpaired) electrons. The number of nitrogens with one attached hydrogen (secondary N) is 1. The van der Waals surface area contributed by atoms with Crippen LogP contribution in [0.1, 0.15) is 26.3 Å². The lowest BCUT2D eigenvalue weighted by Gasteiger charge is -2.05. The Morgan fingerprint density at radius 1 is 0.950 bits per heavy atom. The highest BCUT2D eigenvalue weighted by Crippen LogP contribution is 2.05. The second-order valence-corrected chi connectivity index (χ2v) is 4.48. The van der Waals surface area contributed by atoms with Crippen LogP contribution >= 0.6 is 0 Å². The Hall–Kier alpha value is -2.49. The summed E-state index contributed by atoms with van der Waals surface area (Å²) in [5, 5.41) is 2.52. The third-order valence-electron chi connectivity index (χ3n) is 2.89. The van der Waals surface area contributed by atoms with E-state index >= 15 is 0 Å². The molecule has 20 heavy (non-hydrogen) atoms. The van der Waals surface area contributed by atoms with Gasteiger partial charge in [-0.1, -0.05) is 29.8 Å². The zero-order chi connectivity index (χ0) is 14.5. The SMILES string of the molecule is Cc1ccc(C(=O)CNC(=O)c2ccc(F)cc2)cc1. The third kappa shape index (κ3) is 3.51. The Labute approximate surface area is 116 Å². The molecule has 1 amide bonds. The first-order chi connectivity index (χ1) is 9.56. The number of hydrogen-bond donors (Lipinski definition) is 1. The van der Waals surface area contributed by atoms with E-state index in [9.17, 15) is 14.0 Å². The van der Waals surface area contributed by atoms with E-state index in [-0.39, 0.29) is 12.3 Å². The molecule has 0 aliphatic carbocycles. The van der Waals surface area contributed by atoms with E-state index in [1.165, 1.54) is 24.3 Å². The van der Waals surface area contributed by atoms with Gasteiger partial charge in [0, 0.05) is 11.1 Å². The Kier molecular flexibility index (Phi) is 4.25. The van der Waals surface area contributed by atoms with Crippen LogP contribution in [0, 0.1) is 12.7 Å². The molecule has 1 N–H and O–H groups in total. The van der Waals surface area contributed by atoms with E-state index in [1.807, 2.05) is 19.1 Å². The van der Waals surface area contributed by atoms with Gasteiger partial charge in [-0.05, 0) is 31.2 Å². The number of ketones is 1. The number of amides is 1. The highest BCUT2D eigenvalue weighted by molar-refractivity contribution is 6.02. The molecule has 0 heterocycles. The monoisotopic (exact) mass is 271 g/mol. The van der Waals surface area contributed by atoms with Crippen LogP contribution in [0.3, 0.4) is 0 Å². The van der Waals surface area contributed by atoms with E-state index in [1.54, 1.807) is 12.1 Å². The number of benzene rings is 2. The van der Waals surface area contributed by atoms with E-state index < -0.39 is 11.7 Å². The lowest BCUT2D eigenvalue weighted by atomic mass is 10.1. The molecule has 2 rings (SSSR count). The number of rotatable bonds is 4. The predicted octanol–water partition coefficient (Wildman–Crippen LogP) is 2.75. The minimum Gasteiger partial charge on any atom is -0.345 e. The maximum absolute atomic E-state index is 12.7. The van der Waals surface area contributed by atoms with Gasteiger partial charge in [0.15, 0.2) is 5.78 Å². The summed E-state index contributed by atoms with van der Waals surface area (Å²) < 4.78 is 12.7. The van der Waals surface area contributed by atoms with Gasteiger partial charge in [0.2, 0.25) is 0 Å². The molecule has 4 heteroatoms. The van der Waals surface area contributed by atoms with Gasteiger partial charge in [0.25, 0.3) is 5.91 Å². The van der Waals surface area contributed by atoms with Crippen LogP contribution < -0.4 is 5.32 Å². The van der Waals surface area contributed by atoms with Crippen molar-refractivity contribution in [2.45, 2.75) is 6.92 Å². The van der Waals surface area contributed by atoms with E-state index in [0.29, 0.717) is 11.1 Å². The van der Waals surface area contributed by atoms with Gasteiger partial charge >= 0.3 is 0 Å². The Morgan fingerprint density at radius 3 is 2.10 bits per heavy atom. The van der Waals surface area contributed by atoms with Gasteiger partial charge in [-0.25, -0.2) is 4.39 Å². The first-order valence-corrected chi connectivity index (χ1v) is 6.20. The molecule has 0 aromatic heterocycles. The van der Waals surface area contributed by atoms with E-state index in [4.69, 9.17) is 0 Å². The van der Waals surface area contributed by atoms with Gasteiger partial charge in [0.1, 0.15) is 5.82 Å². The lowest BCUT2D eigenvalue weighted by molar-refractivity contribution is 0.0904. The van der Waals surface area contributed by atoms with Crippen molar-refractivity contribution in [3.05, 3.63) is 71.0 Å². The highest BCUT2D eigenvalue weighted by Gasteiger charge is 2.09. The zero-order valence-corrected chi connectivity index (χ0v) is 11.0. The standard InChI is InChI=1S/C16H14FNO2/c1-11-2-4-12(5-3-11)15(19)10-18-16(20)13-6-8-14(17)9-7-13/h2-9H,10H2,1H3,(H,18,20). The Balaban J connectivity index is 1.94. The Morgan fingerprint density at radius 2 is 1.50 bits per heavy atom. The zero-order valence-electron chi connectivity index (χ0n) is 11.0. The minimum absolute atomic E-state index is 0.0841. The fraction of sp³-hybridized carbons (Fsp3) is 0.125. The normalized spacial score (nSPS) is 10.1. The van der Waals surface area contributed by atoms with Crippen molar-refractivity contribution < 1.29 is 14.0 Å².